The van der Waals surface area contributed by atoms with Gasteiger partial charge in [-0.05, 0) is 60.7 Å². The number of hydrogen-bond acceptors (Lipinski definition) is 1. The van der Waals surface area contributed by atoms with Crippen LogP contribution in [-0.4, -0.2) is 6.54 Å². The smallest absolute Gasteiger partial charge is 0.123 e. The van der Waals surface area contributed by atoms with E-state index in [-0.39, 0.29) is 17.6 Å². The van der Waals surface area contributed by atoms with Crippen LogP contribution in [0.5, 0.6) is 0 Å². The highest BCUT2D eigenvalue weighted by Crippen LogP contribution is 2.15. The van der Waals surface area contributed by atoms with Gasteiger partial charge >= 0.3 is 0 Å². The third-order valence-corrected chi connectivity index (χ3v) is 3.18. The molecule has 2 aromatic carbocycles. The molecule has 0 aliphatic carbocycles. The Bertz CT molecular complexity index is 523. The van der Waals surface area contributed by atoms with Gasteiger partial charge in [-0.15, -0.1) is 0 Å². The molecule has 0 saturated carbocycles. The molecule has 1 atom stereocenters. The summed E-state index contributed by atoms with van der Waals surface area (Å²) in [6, 6.07) is 13.0. The van der Waals surface area contributed by atoms with Crippen LogP contribution in [-0.2, 0) is 12.8 Å². The molecule has 0 aromatic heterocycles. The Morgan fingerprint density at radius 3 is 2.16 bits per heavy atom. The van der Waals surface area contributed by atoms with Crippen molar-refractivity contribution in [2.75, 3.05) is 6.54 Å². The van der Waals surface area contributed by atoms with Gasteiger partial charge in [0.1, 0.15) is 11.6 Å². The molecule has 19 heavy (non-hydrogen) atoms. The van der Waals surface area contributed by atoms with E-state index in [1.807, 2.05) is 6.07 Å². The predicted molar refractivity (Wildman–Crippen MR) is 72.8 cm³/mol. The average molecular weight is 261 g/mol. The lowest BCUT2D eigenvalue weighted by Gasteiger charge is -2.15. The molecule has 1 nitrogen and oxygen atoms in total. The summed E-state index contributed by atoms with van der Waals surface area (Å²) < 4.78 is 26.0. The Morgan fingerprint density at radius 1 is 0.842 bits per heavy atom. The maximum Gasteiger partial charge on any atom is 0.123 e. The molecule has 0 amide bonds. The summed E-state index contributed by atoms with van der Waals surface area (Å²) in [5.41, 5.74) is 7.76. The van der Waals surface area contributed by atoms with E-state index in [0.29, 0.717) is 6.54 Å². The van der Waals surface area contributed by atoms with Crippen LogP contribution in [0.4, 0.5) is 8.78 Å². The van der Waals surface area contributed by atoms with Gasteiger partial charge in [-0.25, -0.2) is 8.78 Å². The van der Waals surface area contributed by atoms with E-state index < -0.39 is 0 Å². The Kier molecular flexibility index (Phi) is 4.63. The van der Waals surface area contributed by atoms with Gasteiger partial charge in [-0.2, -0.15) is 0 Å². The van der Waals surface area contributed by atoms with Crippen LogP contribution in [0.3, 0.4) is 0 Å². The van der Waals surface area contributed by atoms with E-state index in [4.69, 9.17) is 5.73 Å². The van der Waals surface area contributed by atoms with Gasteiger partial charge in [0.2, 0.25) is 0 Å². The number of halogens is 2. The third kappa shape index (κ3) is 4.14. The minimum absolute atomic E-state index is 0.227. The number of benzene rings is 2. The minimum Gasteiger partial charge on any atom is -0.330 e. The first kappa shape index (κ1) is 13.7. The average Bonchev–Trinajstić information content (AvgIpc) is 2.40. The first-order chi connectivity index (χ1) is 9.17. The molecule has 0 radical (unpaired) electrons. The van der Waals surface area contributed by atoms with Crippen LogP contribution < -0.4 is 5.73 Å². The summed E-state index contributed by atoms with van der Waals surface area (Å²) in [7, 11) is 0. The van der Waals surface area contributed by atoms with Crippen molar-refractivity contribution < 1.29 is 8.78 Å². The molecule has 0 fully saturated rings. The van der Waals surface area contributed by atoms with Crippen molar-refractivity contribution in [1.82, 2.24) is 0 Å². The Balaban J connectivity index is 2.02. The second-order valence-corrected chi connectivity index (χ2v) is 4.77. The largest absolute Gasteiger partial charge is 0.330 e. The second-order valence-electron chi connectivity index (χ2n) is 4.77. The summed E-state index contributed by atoms with van der Waals surface area (Å²) in [6.07, 6.45) is 1.50. The molecule has 0 bridgehead atoms. The molecule has 100 valence electrons. The molecular weight excluding hydrogens is 244 g/mol. The van der Waals surface area contributed by atoms with Crippen LogP contribution in [0, 0.1) is 17.6 Å². The monoisotopic (exact) mass is 261 g/mol. The first-order valence-electron chi connectivity index (χ1n) is 6.36. The zero-order valence-electron chi connectivity index (χ0n) is 10.7. The van der Waals surface area contributed by atoms with Crippen LogP contribution in [0.1, 0.15) is 11.1 Å². The van der Waals surface area contributed by atoms with Gasteiger partial charge in [0.05, 0.1) is 0 Å². The maximum absolute atomic E-state index is 13.1. The summed E-state index contributed by atoms with van der Waals surface area (Å²) in [6.45, 7) is 0.522. The molecule has 0 aliphatic heterocycles. The van der Waals surface area contributed by atoms with Crippen molar-refractivity contribution in [3.05, 3.63) is 71.3 Å². The summed E-state index contributed by atoms with van der Waals surface area (Å²) in [5.74, 6) is -0.236. The van der Waals surface area contributed by atoms with E-state index in [1.165, 1.54) is 24.3 Å². The number of hydrogen-bond donors (Lipinski definition) is 1. The Hall–Kier alpha value is -1.74. The van der Waals surface area contributed by atoms with Crippen LogP contribution in [0.2, 0.25) is 0 Å². The van der Waals surface area contributed by atoms with Crippen molar-refractivity contribution in [1.29, 1.82) is 0 Å². The molecule has 0 heterocycles. The second kappa shape index (κ2) is 6.43. The van der Waals surface area contributed by atoms with E-state index in [0.717, 1.165) is 24.0 Å². The van der Waals surface area contributed by atoms with Crippen molar-refractivity contribution in [3.63, 3.8) is 0 Å². The fraction of sp³-hybridized carbons (Fsp3) is 0.250. The van der Waals surface area contributed by atoms with E-state index in [2.05, 4.69) is 0 Å². The van der Waals surface area contributed by atoms with Crippen LogP contribution >= 0.6 is 0 Å². The van der Waals surface area contributed by atoms with Crippen molar-refractivity contribution in [3.8, 4) is 0 Å². The molecule has 0 aliphatic rings. The first-order valence-corrected chi connectivity index (χ1v) is 6.36. The molecule has 3 heteroatoms. The summed E-state index contributed by atoms with van der Waals surface area (Å²) in [5, 5.41) is 0. The van der Waals surface area contributed by atoms with Crippen LogP contribution in [0.15, 0.2) is 48.5 Å². The zero-order valence-corrected chi connectivity index (χ0v) is 10.7. The zero-order chi connectivity index (χ0) is 13.7. The Labute approximate surface area is 112 Å². The topological polar surface area (TPSA) is 26.0 Å². The van der Waals surface area contributed by atoms with Gasteiger partial charge in [0, 0.05) is 0 Å². The van der Waals surface area contributed by atoms with E-state index in [1.54, 1.807) is 18.2 Å². The fourth-order valence-electron chi connectivity index (χ4n) is 2.19. The van der Waals surface area contributed by atoms with E-state index >= 15 is 0 Å². The minimum atomic E-state index is -0.238. The van der Waals surface area contributed by atoms with Crippen LogP contribution in [0.25, 0.3) is 0 Å². The molecule has 0 spiro atoms. The Morgan fingerprint density at radius 2 is 1.53 bits per heavy atom. The van der Waals surface area contributed by atoms with Crippen molar-refractivity contribution in [2.24, 2.45) is 11.7 Å². The highest BCUT2D eigenvalue weighted by molar-refractivity contribution is 5.20. The molecule has 2 rings (SSSR count). The van der Waals surface area contributed by atoms with Gasteiger partial charge in [0.25, 0.3) is 0 Å². The number of rotatable bonds is 5. The van der Waals surface area contributed by atoms with Crippen molar-refractivity contribution >= 4 is 0 Å². The fourth-order valence-corrected chi connectivity index (χ4v) is 2.19. The lowest BCUT2D eigenvalue weighted by Crippen LogP contribution is -2.19. The third-order valence-electron chi connectivity index (χ3n) is 3.18. The van der Waals surface area contributed by atoms with E-state index in [9.17, 15) is 8.78 Å². The summed E-state index contributed by atoms with van der Waals surface area (Å²) >= 11 is 0. The SMILES string of the molecule is NCC(Cc1ccc(F)cc1)Cc1cccc(F)c1. The normalized spacial score (nSPS) is 12.4. The standard InChI is InChI=1S/C16H17F2N/c17-15-6-4-12(5-7-15)8-14(11-19)9-13-2-1-3-16(18)10-13/h1-7,10,14H,8-9,11,19H2. The highest BCUT2D eigenvalue weighted by atomic mass is 19.1. The lowest BCUT2D eigenvalue weighted by atomic mass is 9.92. The summed E-state index contributed by atoms with van der Waals surface area (Å²) in [4.78, 5) is 0. The van der Waals surface area contributed by atoms with Gasteiger partial charge in [-0.3, -0.25) is 0 Å². The predicted octanol–water partition coefficient (Wildman–Crippen LogP) is 3.32. The highest BCUT2D eigenvalue weighted by Gasteiger charge is 2.09. The molecule has 2 aromatic rings. The van der Waals surface area contributed by atoms with Gasteiger partial charge in [0.15, 0.2) is 0 Å². The molecule has 0 saturated heterocycles. The lowest BCUT2D eigenvalue weighted by molar-refractivity contribution is 0.529. The maximum atomic E-state index is 13.1. The molecule has 1 unspecified atom stereocenters. The molecule has 2 N–H and O–H groups in total. The van der Waals surface area contributed by atoms with Crippen molar-refractivity contribution in [2.45, 2.75) is 12.8 Å². The van der Waals surface area contributed by atoms with Gasteiger partial charge < -0.3 is 5.73 Å². The number of nitrogens with two attached hydrogens (primary N) is 1. The molecular formula is C16H17F2N. The van der Waals surface area contributed by atoms with Gasteiger partial charge in [-0.1, -0.05) is 24.3 Å². The quantitative estimate of drug-likeness (QED) is 0.877.